The molecular formula is C47H87NO5. The van der Waals surface area contributed by atoms with Crippen LogP contribution in [0.4, 0.5) is 0 Å². The number of aliphatic hydroxyl groups is 4. The molecule has 0 radical (unpaired) electrons. The van der Waals surface area contributed by atoms with Crippen LogP contribution >= 0.6 is 0 Å². The fraction of sp³-hybridized carbons (Fsp3) is 0.809. The third-order valence-electron chi connectivity index (χ3n) is 10.2. The van der Waals surface area contributed by atoms with E-state index in [2.05, 4.69) is 67.8 Å². The molecule has 5 N–H and O–H groups in total. The Hall–Kier alpha value is -1.73. The van der Waals surface area contributed by atoms with Crippen molar-refractivity contribution in [2.75, 3.05) is 6.61 Å². The highest BCUT2D eigenvalue weighted by molar-refractivity contribution is 5.80. The Labute approximate surface area is 328 Å². The molecule has 310 valence electrons. The Morgan fingerprint density at radius 2 is 0.811 bits per heavy atom. The first kappa shape index (κ1) is 51.3. The van der Waals surface area contributed by atoms with Crippen LogP contribution in [0.15, 0.2) is 48.6 Å². The number of hydrogen-bond donors (Lipinski definition) is 5. The summed E-state index contributed by atoms with van der Waals surface area (Å²) in [7, 11) is 0. The highest BCUT2D eigenvalue weighted by atomic mass is 16.3. The smallest absolute Gasteiger partial charge is 0.249 e. The average Bonchev–Trinajstić information content (AvgIpc) is 3.16. The first-order valence-corrected chi connectivity index (χ1v) is 22.5. The largest absolute Gasteiger partial charge is 0.394 e. The zero-order valence-electron chi connectivity index (χ0n) is 34.8. The fourth-order valence-corrected chi connectivity index (χ4v) is 6.59. The van der Waals surface area contributed by atoms with Crippen LogP contribution in [0.3, 0.4) is 0 Å². The molecule has 4 unspecified atom stereocenters. The van der Waals surface area contributed by atoms with Crippen LogP contribution < -0.4 is 5.32 Å². The lowest BCUT2D eigenvalue weighted by atomic mass is 10.00. The van der Waals surface area contributed by atoms with E-state index >= 15 is 0 Å². The molecule has 0 aliphatic heterocycles. The Morgan fingerprint density at radius 1 is 0.453 bits per heavy atom. The molecule has 4 atom stereocenters. The number of carbonyl (C=O) groups excluding carboxylic acids is 1. The second-order valence-corrected chi connectivity index (χ2v) is 15.4. The monoisotopic (exact) mass is 746 g/mol. The summed E-state index contributed by atoms with van der Waals surface area (Å²) in [5, 5.41) is 43.5. The van der Waals surface area contributed by atoms with E-state index in [1.807, 2.05) is 0 Å². The van der Waals surface area contributed by atoms with Crippen LogP contribution in [0.25, 0.3) is 0 Å². The summed E-state index contributed by atoms with van der Waals surface area (Å²) in [6.07, 6.45) is 50.3. The topological polar surface area (TPSA) is 110 Å². The van der Waals surface area contributed by atoms with Crippen molar-refractivity contribution in [1.29, 1.82) is 0 Å². The summed E-state index contributed by atoms with van der Waals surface area (Å²) in [6.45, 7) is 3.97. The van der Waals surface area contributed by atoms with Gasteiger partial charge in [-0.1, -0.05) is 178 Å². The summed E-state index contributed by atoms with van der Waals surface area (Å²) < 4.78 is 0. The maximum absolute atomic E-state index is 12.4. The van der Waals surface area contributed by atoms with Gasteiger partial charge in [0.05, 0.1) is 18.8 Å². The van der Waals surface area contributed by atoms with Gasteiger partial charge in [-0.2, -0.15) is 0 Å². The summed E-state index contributed by atoms with van der Waals surface area (Å²) in [5.41, 5.74) is 0. The van der Waals surface area contributed by atoms with Crippen LogP contribution in [-0.4, -0.2) is 57.3 Å². The van der Waals surface area contributed by atoms with Gasteiger partial charge in [-0.25, -0.2) is 0 Å². The van der Waals surface area contributed by atoms with Crippen LogP contribution in [-0.2, 0) is 4.79 Å². The lowest BCUT2D eigenvalue weighted by Crippen LogP contribution is -2.53. The van der Waals surface area contributed by atoms with Crippen molar-refractivity contribution in [2.24, 2.45) is 0 Å². The van der Waals surface area contributed by atoms with E-state index in [1.54, 1.807) is 0 Å². The van der Waals surface area contributed by atoms with Crippen molar-refractivity contribution >= 4 is 5.91 Å². The van der Waals surface area contributed by atoms with Crippen molar-refractivity contribution in [3.05, 3.63) is 48.6 Å². The van der Waals surface area contributed by atoms with Crippen LogP contribution in [0, 0.1) is 0 Å². The van der Waals surface area contributed by atoms with Gasteiger partial charge in [0.25, 0.3) is 0 Å². The first-order valence-electron chi connectivity index (χ1n) is 22.5. The number of carbonyl (C=O) groups is 1. The highest BCUT2D eigenvalue weighted by Crippen LogP contribution is 2.15. The molecule has 6 nitrogen and oxygen atoms in total. The van der Waals surface area contributed by atoms with E-state index in [4.69, 9.17) is 0 Å². The van der Waals surface area contributed by atoms with Crippen molar-refractivity contribution in [3.63, 3.8) is 0 Å². The normalized spacial score (nSPS) is 14.6. The lowest BCUT2D eigenvalue weighted by Gasteiger charge is -2.27. The zero-order chi connectivity index (χ0) is 38.9. The number of rotatable bonds is 40. The number of aliphatic hydroxyl groups excluding tert-OH is 4. The molecule has 0 saturated carbocycles. The van der Waals surface area contributed by atoms with Crippen molar-refractivity contribution in [1.82, 2.24) is 5.32 Å². The Balaban J connectivity index is 3.76. The number of unbranched alkanes of at least 4 members (excludes halogenated alkanes) is 23. The van der Waals surface area contributed by atoms with E-state index in [0.29, 0.717) is 19.3 Å². The van der Waals surface area contributed by atoms with Gasteiger partial charge >= 0.3 is 0 Å². The molecule has 0 aliphatic rings. The number of allylic oxidation sites excluding steroid dienone is 8. The number of nitrogens with one attached hydrogen (secondary N) is 1. The molecule has 0 aliphatic carbocycles. The molecule has 0 fully saturated rings. The van der Waals surface area contributed by atoms with Crippen molar-refractivity contribution < 1.29 is 25.2 Å². The van der Waals surface area contributed by atoms with E-state index in [1.165, 1.54) is 109 Å². The van der Waals surface area contributed by atoms with Gasteiger partial charge in [0.1, 0.15) is 12.2 Å². The van der Waals surface area contributed by atoms with E-state index in [0.717, 1.165) is 70.6 Å². The predicted octanol–water partition coefficient (Wildman–Crippen LogP) is 11.9. The number of amides is 1. The minimum atomic E-state index is -1.30. The average molecular weight is 746 g/mol. The maximum Gasteiger partial charge on any atom is 0.249 e. The zero-order valence-corrected chi connectivity index (χ0v) is 34.8. The molecule has 53 heavy (non-hydrogen) atoms. The SMILES string of the molecule is CCCC/C=C\CCCCCCC(O)C(=O)NC(CO)C(O)C(O)CCC/C=C/CC/C=C/CC/C=C/CCCCCCCCCCCCCCCC. The van der Waals surface area contributed by atoms with Gasteiger partial charge in [0.2, 0.25) is 5.91 Å². The highest BCUT2D eigenvalue weighted by Gasteiger charge is 2.28. The molecule has 1 amide bonds. The van der Waals surface area contributed by atoms with Crippen molar-refractivity contribution in [3.8, 4) is 0 Å². The molecule has 0 aromatic rings. The number of hydrogen-bond acceptors (Lipinski definition) is 5. The Kier molecular flexibility index (Phi) is 40.1. The summed E-state index contributed by atoms with van der Waals surface area (Å²) in [5.74, 6) is -0.613. The van der Waals surface area contributed by atoms with Gasteiger partial charge in [-0.05, 0) is 83.5 Å². The molecule has 0 aromatic heterocycles. The summed E-state index contributed by atoms with van der Waals surface area (Å²) in [4.78, 5) is 12.4. The van der Waals surface area contributed by atoms with Crippen LogP contribution in [0.5, 0.6) is 0 Å². The second kappa shape index (κ2) is 41.4. The minimum Gasteiger partial charge on any atom is -0.394 e. The summed E-state index contributed by atoms with van der Waals surface area (Å²) >= 11 is 0. The standard InChI is InChI=1S/C47H87NO5/c1-3-5-7-9-11-13-15-16-17-18-19-20-21-22-23-24-25-26-27-28-29-30-31-33-34-36-38-40-44(50)46(52)43(42-49)48-47(53)45(51)41-39-37-35-32-14-12-10-8-6-4-2/h10,12,24-25,28-29,33-34,43-46,49-52H,3-9,11,13-23,26-27,30-32,35-42H2,1-2H3,(H,48,53)/b12-10-,25-24+,29-28+,34-33+. The van der Waals surface area contributed by atoms with Crippen LogP contribution in [0.2, 0.25) is 0 Å². The van der Waals surface area contributed by atoms with Crippen molar-refractivity contribution in [2.45, 2.75) is 237 Å². The molecule has 0 aromatic carbocycles. The van der Waals surface area contributed by atoms with Gasteiger partial charge in [0.15, 0.2) is 0 Å². The molecule has 0 saturated heterocycles. The quantitative estimate of drug-likeness (QED) is 0.0317. The van der Waals surface area contributed by atoms with E-state index < -0.39 is 36.9 Å². The van der Waals surface area contributed by atoms with Gasteiger partial charge < -0.3 is 25.7 Å². The van der Waals surface area contributed by atoms with Gasteiger partial charge in [-0.3, -0.25) is 4.79 Å². The molecular weight excluding hydrogens is 659 g/mol. The third-order valence-corrected chi connectivity index (χ3v) is 10.2. The van der Waals surface area contributed by atoms with E-state index in [9.17, 15) is 25.2 Å². The Bertz CT molecular complexity index is 884. The Morgan fingerprint density at radius 3 is 1.25 bits per heavy atom. The molecule has 0 rings (SSSR count). The summed E-state index contributed by atoms with van der Waals surface area (Å²) in [6, 6.07) is -1.02. The van der Waals surface area contributed by atoms with E-state index in [-0.39, 0.29) is 0 Å². The van der Waals surface area contributed by atoms with Gasteiger partial charge in [0, 0.05) is 0 Å². The molecule has 0 bridgehead atoms. The molecule has 0 heterocycles. The maximum atomic E-state index is 12.4. The fourth-order valence-electron chi connectivity index (χ4n) is 6.59. The molecule has 0 spiro atoms. The molecule has 6 heteroatoms. The predicted molar refractivity (Wildman–Crippen MR) is 228 cm³/mol. The lowest BCUT2D eigenvalue weighted by molar-refractivity contribution is -0.132. The van der Waals surface area contributed by atoms with Gasteiger partial charge in [-0.15, -0.1) is 0 Å². The second-order valence-electron chi connectivity index (χ2n) is 15.4. The first-order chi connectivity index (χ1) is 26.0. The minimum absolute atomic E-state index is 0.341. The third kappa shape index (κ3) is 35.7. The van der Waals surface area contributed by atoms with Crippen LogP contribution in [0.1, 0.15) is 213 Å².